The van der Waals surface area contributed by atoms with Crippen molar-refractivity contribution in [2.24, 2.45) is 5.92 Å². The Morgan fingerprint density at radius 1 is 1.30 bits per heavy atom. The molecule has 1 saturated heterocycles. The van der Waals surface area contributed by atoms with E-state index in [1.54, 1.807) is 6.26 Å². The lowest BCUT2D eigenvalue weighted by Gasteiger charge is -2.31. The number of hydrogen-bond donors (Lipinski definition) is 1. The first kappa shape index (κ1) is 14.2. The summed E-state index contributed by atoms with van der Waals surface area (Å²) in [5, 5.41) is 3.75. The van der Waals surface area contributed by atoms with Crippen molar-refractivity contribution >= 4 is 0 Å². The minimum absolute atomic E-state index is 0.413. The van der Waals surface area contributed by atoms with Crippen LogP contribution in [0.15, 0.2) is 22.8 Å². The molecule has 2 aliphatic rings. The van der Waals surface area contributed by atoms with E-state index < -0.39 is 0 Å². The molecule has 0 radical (unpaired) electrons. The van der Waals surface area contributed by atoms with Gasteiger partial charge >= 0.3 is 0 Å². The van der Waals surface area contributed by atoms with Gasteiger partial charge in [0.25, 0.3) is 0 Å². The van der Waals surface area contributed by atoms with Crippen molar-refractivity contribution < 1.29 is 4.42 Å². The van der Waals surface area contributed by atoms with Gasteiger partial charge in [-0.15, -0.1) is 0 Å². The Labute approximate surface area is 122 Å². The van der Waals surface area contributed by atoms with E-state index in [-0.39, 0.29) is 0 Å². The van der Waals surface area contributed by atoms with Crippen LogP contribution in [0.1, 0.15) is 57.3 Å². The number of hydrogen-bond acceptors (Lipinski definition) is 3. The van der Waals surface area contributed by atoms with Gasteiger partial charge < -0.3 is 9.73 Å². The van der Waals surface area contributed by atoms with Crippen LogP contribution in [-0.4, -0.2) is 30.6 Å². The van der Waals surface area contributed by atoms with E-state index in [9.17, 15) is 0 Å². The van der Waals surface area contributed by atoms with E-state index in [0.717, 1.165) is 18.2 Å². The standard InChI is InChI=1S/C17H28N2O/c1-14(12-15-6-4-7-15)18-13-16(17-8-5-11-20-17)19-9-2-3-10-19/h5,8,11,14-16,18H,2-4,6-7,9-10,12-13H2,1H3. The molecule has 1 aromatic rings. The summed E-state index contributed by atoms with van der Waals surface area (Å²) in [6.45, 7) is 5.77. The molecule has 2 heterocycles. The average Bonchev–Trinajstić information content (AvgIpc) is 3.07. The molecule has 3 heteroatoms. The molecule has 2 unspecified atom stereocenters. The largest absolute Gasteiger partial charge is 0.468 e. The fourth-order valence-corrected chi connectivity index (χ4v) is 3.57. The number of nitrogens with zero attached hydrogens (tertiary/aromatic N) is 1. The Bertz CT molecular complexity index is 380. The van der Waals surface area contributed by atoms with Gasteiger partial charge in [0, 0.05) is 12.6 Å². The Balaban J connectivity index is 1.52. The molecular formula is C17H28N2O. The van der Waals surface area contributed by atoms with E-state index >= 15 is 0 Å². The lowest BCUT2D eigenvalue weighted by Crippen LogP contribution is -2.38. The van der Waals surface area contributed by atoms with Crippen LogP contribution in [0.3, 0.4) is 0 Å². The van der Waals surface area contributed by atoms with Gasteiger partial charge in [-0.1, -0.05) is 19.3 Å². The Morgan fingerprint density at radius 3 is 2.70 bits per heavy atom. The van der Waals surface area contributed by atoms with Crippen LogP contribution in [0.4, 0.5) is 0 Å². The minimum Gasteiger partial charge on any atom is -0.468 e. The van der Waals surface area contributed by atoms with Crippen LogP contribution >= 0.6 is 0 Å². The third-order valence-electron chi connectivity index (χ3n) is 5.02. The summed E-state index contributed by atoms with van der Waals surface area (Å²) in [6, 6.07) is 5.17. The average molecular weight is 276 g/mol. The van der Waals surface area contributed by atoms with Crippen LogP contribution in [0.25, 0.3) is 0 Å². The zero-order valence-electron chi connectivity index (χ0n) is 12.7. The maximum Gasteiger partial charge on any atom is 0.122 e. The number of likely N-dealkylation sites (tertiary alicyclic amines) is 1. The molecule has 0 bridgehead atoms. The molecule has 112 valence electrons. The molecule has 3 rings (SSSR count). The van der Waals surface area contributed by atoms with E-state index in [0.29, 0.717) is 12.1 Å². The highest BCUT2D eigenvalue weighted by Crippen LogP contribution is 2.31. The third kappa shape index (κ3) is 3.44. The molecule has 0 spiro atoms. The van der Waals surface area contributed by atoms with Gasteiger partial charge in [0.05, 0.1) is 12.3 Å². The van der Waals surface area contributed by atoms with Gasteiger partial charge in [0.1, 0.15) is 5.76 Å². The smallest absolute Gasteiger partial charge is 0.122 e. The number of furan rings is 1. The Kier molecular flexibility index (Phi) is 4.79. The molecule has 0 aromatic carbocycles. The zero-order chi connectivity index (χ0) is 13.8. The monoisotopic (exact) mass is 276 g/mol. The van der Waals surface area contributed by atoms with Crippen molar-refractivity contribution in [1.29, 1.82) is 0 Å². The van der Waals surface area contributed by atoms with Crippen LogP contribution < -0.4 is 5.32 Å². The topological polar surface area (TPSA) is 28.4 Å². The summed E-state index contributed by atoms with van der Waals surface area (Å²) in [7, 11) is 0. The van der Waals surface area contributed by atoms with Gasteiger partial charge in [-0.2, -0.15) is 0 Å². The predicted octanol–water partition coefficient (Wildman–Crippen LogP) is 3.58. The van der Waals surface area contributed by atoms with Gasteiger partial charge in [0.2, 0.25) is 0 Å². The van der Waals surface area contributed by atoms with Crippen molar-refractivity contribution in [1.82, 2.24) is 10.2 Å². The Morgan fingerprint density at radius 2 is 2.10 bits per heavy atom. The van der Waals surface area contributed by atoms with E-state index in [4.69, 9.17) is 4.42 Å². The van der Waals surface area contributed by atoms with Crippen LogP contribution in [0.2, 0.25) is 0 Å². The molecule has 0 amide bonds. The van der Waals surface area contributed by atoms with Crippen molar-refractivity contribution in [2.45, 2.75) is 57.5 Å². The van der Waals surface area contributed by atoms with Crippen molar-refractivity contribution in [3.05, 3.63) is 24.2 Å². The van der Waals surface area contributed by atoms with Gasteiger partial charge in [0.15, 0.2) is 0 Å². The molecule has 2 atom stereocenters. The normalized spacial score (nSPS) is 23.6. The highest BCUT2D eigenvalue weighted by Gasteiger charge is 2.26. The highest BCUT2D eigenvalue weighted by atomic mass is 16.3. The van der Waals surface area contributed by atoms with Crippen LogP contribution in [0, 0.1) is 5.92 Å². The second kappa shape index (κ2) is 6.77. The first-order valence-electron chi connectivity index (χ1n) is 8.34. The number of rotatable bonds is 7. The summed E-state index contributed by atoms with van der Waals surface area (Å²) in [4.78, 5) is 2.57. The molecule has 1 N–H and O–H groups in total. The molecule has 2 fully saturated rings. The fourth-order valence-electron chi connectivity index (χ4n) is 3.57. The second-order valence-electron chi connectivity index (χ2n) is 6.62. The van der Waals surface area contributed by atoms with Crippen LogP contribution in [0.5, 0.6) is 0 Å². The van der Waals surface area contributed by atoms with E-state index in [2.05, 4.69) is 23.2 Å². The quantitative estimate of drug-likeness (QED) is 0.825. The van der Waals surface area contributed by atoms with Crippen molar-refractivity contribution in [3.63, 3.8) is 0 Å². The number of nitrogens with one attached hydrogen (secondary N) is 1. The van der Waals surface area contributed by atoms with Gasteiger partial charge in [-0.05, 0) is 57.3 Å². The maximum atomic E-state index is 5.67. The molecule has 1 saturated carbocycles. The van der Waals surface area contributed by atoms with Crippen LogP contribution in [-0.2, 0) is 0 Å². The predicted molar refractivity (Wildman–Crippen MR) is 81.7 cm³/mol. The maximum absolute atomic E-state index is 5.67. The zero-order valence-corrected chi connectivity index (χ0v) is 12.7. The fraction of sp³-hybridized carbons (Fsp3) is 0.765. The molecule has 1 aliphatic heterocycles. The third-order valence-corrected chi connectivity index (χ3v) is 5.02. The second-order valence-corrected chi connectivity index (χ2v) is 6.62. The van der Waals surface area contributed by atoms with Crippen molar-refractivity contribution in [2.75, 3.05) is 19.6 Å². The first-order chi connectivity index (χ1) is 9.83. The molecule has 1 aromatic heterocycles. The minimum atomic E-state index is 0.413. The summed E-state index contributed by atoms with van der Waals surface area (Å²) in [6.07, 6.45) is 10.1. The summed E-state index contributed by atoms with van der Waals surface area (Å²) in [5.74, 6) is 2.10. The highest BCUT2D eigenvalue weighted by molar-refractivity contribution is 5.06. The lowest BCUT2D eigenvalue weighted by atomic mass is 9.81. The van der Waals surface area contributed by atoms with Gasteiger partial charge in [-0.25, -0.2) is 0 Å². The summed E-state index contributed by atoms with van der Waals surface area (Å²) >= 11 is 0. The van der Waals surface area contributed by atoms with E-state index in [1.165, 1.54) is 51.6 Å². The molecule has 1 aliphatic carbocycles. The molecule has 3 nitrogen and oxygen atoms in total. The summed E-state index contributed by atoms with van der Waals surface area (Å²) in [5.41, 5.74) is 0. The Hall–Kier alpha value is -0.800. The van der Waals surface area contributed by atoms with Gasteiger partial charge in [-0.3, -0.25) is 4.90 Å². The molecule has 20 heavy (non-hydrogen) atoms. The SMILES string of the molecule is CC(CC1CCC1)NCC(c1ccco1)N1CCCC1. The lowest BCUT2D eigenvalue weighted by molar-refractivity contribution is 0.197. The van der Waals surface area contributed by atoms with E-state index in [1.807, 2.05) is 6.07 Å². The summed E-state index contributed by atoms with van der Waals surface area (Å²) < 4.78 is 5.67. The molecular weight excluding hydrogens is 248 g/mol. The first-order valence-corrected chi connectivity index (χ1v) is 8.34. The van der Waals surface area contributed by atoms with Crippen molar-refractivity contribution in [3.8, 4) is 0 Å².